The summed E-state index contributed by atoms with van der Waals surface area (Å²) in [5, 5.41) is 8.98. The first kappa shape index (κ1) is 11.7. The normalized spacial score (nSPS) is 10.5. The molecule has 3 nitrogen and oxygen atoms in total. The van der Waals surface area contributed by atoms with Gasteiger partial charge >= 0.3 is 5.97 Å². The smallest absolute Gasteiger partial charge is 0.348 e. The predicted octanol–water partition coefficient (Wildman–Crippen LogP) is 3.31. The zero-order valence-electron chi connectivity index (χ0n) is 9.65. The first-order valence-electron chi connectivity index (χ1n) is 5.19. The molecule has 2 rings (SSSR count). The van der Waals surface area contributed by atoms with Gasteiger partial charge in [0.25, 0.3) is 0 Å². The topological polar surface area (TPSA) is 63.3 Å². The Balaban J connectivity index is 2.57. The number of carboxylic acid groups (broad SMARTS) is 1. The van der Waals surface area contributed by atoms with Crippen molar-refractivity contribution < 1.29 is 9.90 Å². The highest BCUT2D eigenvalue weighted by Gasteiger charge is 2.15. The van der Waals surface area contributed by atoms with Crippen molar-refractivity contribution in [3.63, 3.8) is 0 Å². The molecule has 0 bridgehead atoms. The summed E-state index contributed by atoms with van der Waals surface area (Å²) in [6.45, 7) is 4.02. The molecule has 2 aromatic rings. The van der Waals surface area contributed by atoms with E-state index < -0.39 is 5.97 Å². The molecule has 0 saturated heterocycles. The summed E-state index contributed by atoms with van der Waals surface area (Å²) in [7, 11) is 0. The lowest BCUT2D eigenvalue weighted by Crippen LogP contribution is -1.96. The van der Waals surface area contributed by atoms with Gasteiger partial charge in [-0.05, 0) is 31.0 Å². The molecule has 0 aliphatic heterocycles. The molecule has 0 fully saturated rings. The number of hydrogen-bond acceptors (Lipinski definition) is 3. The average Bonchev–Trinajstić information content (AvgIpc) is 2.64. The molecule has 1 aromatic heterocycles. The van der Waals surface area contributed by atoms with Crippen LogP contribution in [0.4, 0.5) is 5.69 Å². The monoisotopic (exact) mass is 247 g/mol. The number of thiophene rings is 1. The second-order valence-corrected chi connectivity index (χ2v) is 5.07. The lowest BCUT2D eigenvalue weighted by atomic mass is 10.0. The van der Waals surface area contributed by atoms with Gasteiger partial charge in [0.2, 0.25) is 0 Å². The van der Waals surface area contributed by atoms with Gasteiger partial charge in [-0.3, -0.25) is 0 Å². The van der Waals surface area contributed by atoms with Crippen molar-refractivity contribution in [1.82, 2.24) is 0 Å². The Labute approximate surface area is 104 Å². The van der Waals surface area contributed by atoms with Crippen LogP contribution in [0.3, 0.4) is 0 Å². The van der Waals surface area contributed by atoms with Gasteiger partial charge in [0, 0.05) is 4.88 Å². The maximum Gasteiger partial charge on any atom is 0.348 e. The van der Waals surface area contributed by atoms with Crippen LogP contribution in [0.25, 0.3) is 10.4 Å². The Hall–Kier alpha value is -1.81. The van der Waals surface area contributed by atoms with E-state index in [1.165, 1.54) is 11.3 Å². The van der Waals surface area contributed by atoms with Crippen molar-refractivity contribution in [3.05, 3.63) is 40.3 Å². The highest BCUT2D eigenvalue weighted by Crippen LogP contribution is 2.35. The summed E-state index contributed by atoms with van der Waals surface area (Å²) in [6.07, 6.45) is 0. The van der Waals surface area contributed by atoms with Crippen LogP contribution in [0, 0.1) is 13.8 Å². The average molecular weight is 247 g/mol. The van der Waals surface area contributed by atoms with Gasteiger partial charge in [-0.2, -0.15) is 0 Å². The van der Waals surface area contributed by atoms with Gasteiger partial charge in [-0.25, -0.2) is 4.79 Å². The maximum atomic E-state index is 10.9. The molecule has 0 aliphatic rings. The molecule has 88 valence electrons. The van der Waals surface area contributed by atoms with E-state index in [1.54, 1.807) is 6.07 Å². The Bertz CT molecular complexity index is 587. The van der Waals surface area contributed by atoms with Crippen molar-refractivity contribution in [2.45, 2.75) is 13.8 Å². The first-order chi connectivity index (χ1) is 7.99. The predicted molar refractivity (Wildman–Crippen MR) is 70.6 cm³/mol. The van der Waals surface area contributed by atoms with Crippen LogP contribution in [-0.2, 0) is 0 Å². The van der Waals surface area contributed by atoms with Crippen LogP contribution in [0.5, 0.6) is 0 Å². The van der Waals surface area contributed by atoms with E-state index in [2.05, 4.69) is 0 Å². The third kappa shape index (κ3) is 2.17. The van der Waals surface area contributed by atoms with Crippen LogP contribution in [-0.4, -0.2) is 11.1 Å². The third-order valence-electron chi connectivity index (χ3n) is 2.61. The molecule has 1 aromatic carbocycles. The molecular formula is C13H13NO2S. The zero-order chi connectivity index (χ0) is 12.6. The number of aryl methyl sites for hydroxylation is 2. The Kier molecular flexibility index (Phi) is 2.90. The number of aromatic carboxylic acids is 1. The number of carbonyl (C=O) groups is 1. The van der Waals surface area contributed by atoms with Gasteiger partial charge in [0.15, 0.2) is 0 Å². The Morgan fingerprint density at radius 2 is 2.00 bits per heavy atom. The summed E-state index contributed by atoms with van der Waals surface area (Å²) < 4.78 is 0. The van der Waals surface area contributed by atoms with E-state index in [9.17, 15) is 4.79 Å². The fraction of sp³-hybridized carbons (Fsp3) is 0.154. The number of rotatable bonds is 2. The van der Waals surface area contributed by atoms with Crippen molar-refractivity contribution in [1.29, 1.82) is 0 Å². The first-order valence-corrected chi connectivity index (χ1v) is 6.01. The van der Waals surface area contributed by atoms with E-state index >= 15 is 0 Å². The van der Waals surface area contributed by atoms with E-state index in [4.69, 9.17) is 10.8 Å². The molecule has 17 heavy (non-hydrogen) atoms. The molecule has 1 heterocycles. The largest absolute Gasteiger partial charge is 0.477 e. The van der Waals surface area contributed by atoms with Crippen molar-refractivity contribution in [2.75, 3.05) is 5.73 Å². The summed E-state index contributed by atoms with van der Waals surface area (Å²) in [4.78, 5) is 12.1. The van der Waals surface area contributed by atoms with Gasteiger partial charge < -0.3 is 10.8 Å². The highest BCUT2D eigenvalue weighted by molar-refractivity contribution is 7.18. The SMILES string of the molecule is Cc1ccc(C)c(-c2cc(N)c(C(=O)O)s2)c1. The molecule has 0 amide bonds. The van der Waals surface area contributed by atoms with Crippen molar-refractivity contribution in [3.8, 4) is 10.4 Å². The summed E-state index contributed by atoms with van der Waals surface area (Å²) >= 11 is 1.22. The molecular weight excluding hydrogens is 234 g/mol. The minimum atomic E-state index is -0.968. The third-order valence-corrected chi connectivity index (χ3v) is 3.79. The summed E-state index contributed by atoms with van der Waals surface area (Å²) in [5.74, 6) is -0.968. The van der Waals surface area contributed by atoms with Gasteiger partial charge in [-0.15, -0.1) is 11.3 Å². The highest BCUT2D eigenvalue weighted by atomic mass is 32.1. The lowest BCUT2D eigenvalue weighted by molar-refractivity contribution is 0.0703. The molecule has 0 spiro atoms. The standard InChI is InChI=1S/C13H13NO2S/c1-7-3-4-8(2)9(5-7)11-6-10(14)12(17-11)13(15)16/h3-6H,14H2,1-2H3,(H,15,16). The fourth-order valence-corrected chi connectivity index (χ4v) is 2.71. The molecule has 0 saturated carbocycles. The lowest BCUT2D eigenvalue weighted by Gasteiger charge is -2.03. The summed E-state index contributed by atoms with van der Waals surface area (Å²) in [5.41, 5.74) is 9.35. The number of nitrogen functional groups attached to an aromatic ring is 1. The molecule has 0 unspecified atom stereocenters. The maximum absolute atomic E-state index is 10.9. The minimum absolute atomic E-state index is 0.209. The fourth-order valence-electron chi connectivity index (χ4n) is 1.71. The van der Waals surface area contributed by atoms with E-state index in [0.29, 0.717) is 5.69 Å². The second-order valence-electron chi connectivity index (χ2n) is 4.02. The molecule has 0 radical (unpaired) electrons. The van der Waals surface area contributed by atoms with E-state index in [1.807, 2.05) is 32.0 Å². The number of benzene rings is 1. The minimum Gasteiger partial charge on any atom is -0.477 e. The second kappa shape index (κ2) is 4.22. The van der Waals surface area contributed by atoms with Crippen LogP contribution >= 0.6 is 11.3 Å². The number of anilines is 1. The quantitative estimate of drug-likeness (QED) is 0.855. The van der Waals surface area contributed by atoms with Crippen LogP contribution in [0.1, 0.15) is 20.8 Å². The number of nitrogens with two attached hydrogens (primary N) is 1. The van der Waals surface area contributed by atoms with Crippen LogP contribution in [0.15, 0.2) is 24.3 Å². The zero-order valence-corrected chi connectivity index (χ0v) is 10.5. The number of carboxylic acids is 1. The number of hydrogen-bond donors (Lipinski definition) is 2. The van der Waals surface area contributed by atoms with E-state index in [0.717, 1.165) is 21.6 Å². The van der Waals surface area contributed by atoms with Gasteiger partial charge in [-0.1, -0.05) is 23.8 Å². The summed E-state index contributed by atoms with van der Waals surface area (Å²) in [6, 6.07) is 7.84. The van der Waals surface area contributed by atoms with Crippen LogP contribution < -0.4 is 5.73 Å². The Morgan fingerprint density at radius 1 is 1.29 bits per heavy atom. The molecule has 3 N–H and O–H groups in total. The van der Waals surface area contributed by atoms with E-state index in [-0.39, 0.29) is 4.88 Å². The molecule has 0 aliphatic carbocycles. The van der Waals surface area contributed by atoms with Crippen molar-refractivity contribution in [2.24, 2.45) is 0 Å². The van der Waals surface area contributed by atoms with Crippen LogP contribution in [0.2, 0.25) is 0 Å². The Morgan fingerprint density at radius 3 is 2.59 bits per heavy atom. The molecule has 0 atom stereocenters. The van der Waals surface area contributed by atoms with Gasteiger partial charge in [0.05, 0.1) is 5.69 Å². The van der Waals surface area contributed by atoms with Crippen molar-refractivity contribution >= 4 is 23.0 Å². The molecule has 4 heteroatoms. The van der Waals surface area contributed by atoms with Gasteiger partial charge in [0.1, 0.15) is 4.88 Å².